The molecule has 0 aliphatic carbocycles. The molecule has 43 heavy (non-hydrogen) atoms. The van der Waals surface area contributed by atoms with Gasteiger partial charge in [-0.15, -0.1) is 0 Å². The minimum atomic E-state index is -1.39. The number of nitrogens with one attached hydrogen (secondary N) is 3. The molecule has 0 unspecified atom stereocenters. The lowest BCUT2D eigenvalue weighted by Gasteiger charge is -2.37. The van der Waals surface area contributed by atoms with E-state index in [1.54, 1.807) is 30.3 Å². The summed E-state index contributed by atoms with van der Waals surface area (Å²) in [4.78, 5) is 40.5. The standard InChI is InChI=1S/C32H32Cl2FN3O5/c1-31(2,3)15-24-32(19-11-10-17(33)14-22(19)37-30(32)41)25(18-7-6-8-20(34)26(18)35)27(38-24)28(39)36-21-12-9-16(29(40)43-5)13-23(21)42-4/h6-14,24-25,27,38H,15H2,1-5H3,(H,36,39)(H,37,41)/t24-,25-,27+,32+/m0/s1. The summed E-state index contributed by atoms with van der Waals surface area (Å²) >= 11 is 12.6. The summed E-state index contributed by atoms with van der Waals surface area (Å²) in [5, 5.41) is 9.56. The molecular weight excluding hydrogens is 596 g/mol. The zero-order chi connectivity index (χ0) is 31.3. The molecule has 3 aromatic carbocycles. The fourth-order valence-corrected chi connectivity index (χ4v) is 6.76. The molecule has 226 valence electrons. The molecule has 2 amide bonds. The third-order valence-corrected chi connectivity index (χ3v) is 8.63. The maximum atomic E-state index is 16.0. The largest absolute Gasteiger partial charge is 0.495 e. The molecule has 0 saturated carbocycles. The van der Waals surface area contributed by atoms with Crippen molar-refractivity contribution in [1.29, 1.82) is 0 Å². The van der Waals surface area contributed by atoms with Crippen LogP contribution in [-0.2, 0) is 19.7 Å². The van der Waals surface area contributed by atoms with Crippen molar-refractivity contribution >= 4 is 52.4 Å². The lowest BCUT2D eigenvalue weighted by atomic mass is 9.62. The van der Waals surface area contributed by atoms with Gasteiger partial charge in [-0.2, -0.15) is 0 Å². The molecule has 8 nitrogen and oxygen atoms in total. The summed E-state index contributed by atoms with van der Waals surface area (Å²) in [6, 6.07) is 12.5. The Morgan fingerprint density at radius 2 is 1.81 bits per heavy atom. The van der Waals surface area contributed by atoms with Gasteiger partial charge in [0.2, 0.25) is 11.8 Å². The highest BCUT2D eigenvalue weighted by atomic mass is 35.5. The first-order valence-electron chi connectivity index (χ1n) is 13.7. The molecule has 2 heterocycles. The van der Waals surface area contributed by atoms with Crippen LogP contribution in [0.1, 0.15) is 54.6 Å². The Morgan fingerprint density at radius 1 is 1.07 bits per heavy atom. The fraction of sp³-hybridized carbons (Fsp3) is 0.344. The van der Waals surface area contributed by atoms with E-state index in [0.717, 1.165) is 0 Å². The number of carbonyl (C=O) groups excluding carboxylic acids is 3. The van der Waals surface area contributed by atoms with Crippen molar-refractivity contribution in [3.63, 3.8) is 0 Å². The summed E-state index contributed by atoms with van der Waals surface area (Å²) in [7, 11) is 2.67. The minimum Gasteiger partial charge on any atom is -0.495 e. The number of benzene rings is 3. The highest BCUT2D eigenvalue weighted by Gasteiger charge is 2.66. The Hall–Kier alpha value is -3.66. The highest BCUT2D eigenvalue weighted by Crippen LogP contribution is 2.57. The topological polar surface area (TPSA) is 106 Å². The average Bonchev–Trinajstić information content (AvgIpc) is 3.43. The van der Waals surface area contributed by atoms with E-state index < -0.39 is 41.1 Å². The van der Waals surface area contributed by atoms with Crippen molar-refractivity contribution < 1.29 is 28.2 Å². The maximum absolute atomic E-state index is 16.0. The molecule has 3 aromatic rings. The van der Waals surface area contributed by atoms with Crippen LogP contribution < -0.4 is 20.7 Å². The summed E-state index contributed by atoms with van der Waals surface area (Å²) in [5.74, 6) is -2.96. The summed E-state index contributed by atoms with van der Waals surface area (Å²) in [5.41, 5.74) is 0.0914. The van der Waals surface area contributed by atoms with E-state index in [9.17, 15) is 14.4 Å². The van der Waals surface area contributed by atoms with Gasteiger partial charge in [0.25, 0.3) is 0 Å². The second kappa shape index (κ2) is 11.4. The molecule has 5 rings (SSSR count). The third-order valence-electron chi connectivity index (χ3n) is 8.10. The second-order valence-electron chi connectivity index (χ2n) is 12.0. The molecule has 2 aliphatic rings. The quantitative estimate of drug-likeness (QED) is 0.276. The number of amides is 2. The highest BCUT2D eigenvalue weighted by molar-refractivity contribution is 6.31. The monoisotopic (exact) mass is 627 g/mol. The first-order valence-corrected chi connectivity index (χ1v) is 14.5. The number of rotatable bonds is 6. The molecule has 1 saturated heterocycles. The number of halogens is 3. The van der Waals surface area contributed by atoms with Crippen LogP contribution in [0.3, 0.4) is 0 Å². The Bertz CT molecular complexity index is 1620. The number of ether oxygens (including phenoxy) is 2. The van der Waals surface area contributed by atoms with E-state index in [1.807, 2.05) is 20.8 Å². The summed E-state index contributed by atoms with van der Waals surface area (Å²) < 4.78 is 26.2. The average molecular weight is 629 g/mol. The van der Waals surface area contributed by atoms with Gasteiger partial charge in [0.15, 0.2) is 0 Å². The van der Waals surface area contributed by atoms with Gasteiger partial charge < -0.3 is 25.4 Å². The van der Waals surface area contributed by atoms with E-state index in [2.05, 4.69) is 16.0 Å². The van der Waals surface area contributed by atoms with E-state index in [1.165, 1.54) is 38.5 Å². The van der Waals surface area contributed by atoms with Crippen LogP contribution in [0.5, 0.6) is 5.75 Å². The Kier molecular flexibility index (Phi) is 8.19. The Morgan fingerprint density at radius 3 is 2.49 bits per heavy atom. The van der Waals surface area contributed by atoms with Crippen molar-refractivity contribution in [2.75, 3.05) is 24.9 Å². The van der Waals surface area contributed by atoms with Gasteiger partial charge in [0.05, 0.1) is 36.5 Å². The summed E-state index contributed by atoms with van der Waals surface area (Å²) in [6.07, 6.45) is 0.474. The lowest BCUT2D eigenvalue weighted by Crippen LogP contribution is -2.49. The lowest BCUT2D eigenvalue weighted by molar-refractivity contribution is -0.122. The van der Waals surface area contributed by atoms with Gasteiger partial charge >= 0.3 is 5.97 Å². The van der Waals surface area contributed by atoms with Crippen molar-refractivity contribution in [3.05, 3.63) is 87.2 Å². The maximum Gasteiger partial charge on any atom is 0.337 e. The van der Waals surface area contributed by atoms with Crippen molar-refractivity contribution in [3.8, 4) is 5.75 Å². The molecule has 1 fully saturated rings. The van der Waals surface area contributed by atoms with Crippen molar-refractivity contribution in [2.45, 2.75) is 50.6 Å². The number of hydrogen-bond acceptors (Lipinski definition) is 6. The zero-order valence-electron chi connectivity index (χ0n) is 24.3. The number of esters is 1. The normalized spacial score (nSPS) is 22.7. The van der Waals surface area contributed by atoms with E-state index in [0.29, 0.717) is 22.7 Å². The molecule has 2 aliphatic heterocycles. The van der Waals surface area contributed by atoms with Gasteiger partial charge in [-0.1, -0.05) is 62.2 Å². The van der Waals surface area contributed by atoms with Gasteiger partial charge in [0.1, 0.15) is 17.0 Å². The van der Waals surface area contributed by atoms with Crippen LogP contribution in [0.2, 0.25) is 10.0 Å². The number of methoxy groups -OCH3 is 2. The van der Waals surface area contributed by atoms with Gasteiger partial charge in [-0.05, 0) is 59.4 Å². The predicted octanol–water partition coefficient (Wildman–Crippen LogP) is 6.32. The third kappa shape index (κ3) is 5.34. The SMILES string of the molecule is COC(=O)c1ccc(NC(=O)[C@@H]2N[C@@H](CC(C)(C)C)[C@@]3(C(=O)Nc4cc(Cl)ccc43)[C@H]2c2cccc(Cl)c2F)c(OC)c1. The molecule has 0 bridgehead atoms. The number of hydrogen-bond donors (Lipinski definition) is 3. The number of carbonyl (C=O) groups is 3. The smallest absolute Gasteiger partial charge is 0.337 e. The van der Waals surface area contributed by atoms with Crippen LogP contribution in [-0.4, -0.2) is 44.1 Å². The van der Waals surface area contributed by atoms with Crippen LogP contribution in [0.15, 0.2) is 54.6 Å². The number of anilines is 2. The molecule has 0 radical (unpaired) electrons. The Labute approximate surface area is 259 Å². The van der Waals surface area contributed by atoms with Crippen LogP contribution >= 0.6 is 23.2 Å². The summed E-state index contributed by atoms with van der Waals surface area (Å²) in [6.45, 7) is 6.11. The van der Waals surface area contributed by atoms with Crippen LogP contribution in [0.25, 0.3) is 0 Å². The molecule has 3 N–H and O–H groups in total. The zero-order valence-corrected chi connectivity index (χ0v) is 25.8. The minimum absolute atomic E-state index is 0.124. The predicted molar refractivity (Wildman–Crippen MR) is 164 cm³/mol. The number of fused-ring (bicyclic) bond motifs is 2. The van der Waals surface area contributed by atoms with Gasteiger partial charge in [-0.3, -0.25) is 9.59 Å². The van der Waals surface area contributed by atoms with Gasteiger partial charge in [0, 0.05) is 22.7 Å². The Balaban J connectivity index is 1.68. The van der Waals surface area contributed by atoms with E-state index >= 15 is 4.39 Å². The molecule has 11 heteroatoms. The molecule has 4 atom stereocenters. The fourth-order valence-electron chi connectivity index (χ4n) is 6.40. The van der Waals surface area contributed by atoms with Crippen molar-refractivity contribution in [2.24, 2.45) is 5.41 Å². The molecular formula is C32H32Cl2FN3O5. The van der Waals surface area contributed by atoms with Crippen molar-refractivity contribution in [1.82, 2.24) is 5.32 Å². The molecule has 1 spiro atoms. The first-order chi connectivity index (χ1) is 20.3. The second-order valence-corrected chi connectivity index (χ2v) is 12.8. The van der Waals surface area contributed by atoms with E-state index in [4.69, 9.17) is 32.7 Å². The van der Waals surface area contributed by atoms with Gasteiger partial charge in [-0.25, -0.2) is 9.18 Å². The van der Waals surface area contributed by atoms with E-state index in [-0.39, 0.29) is 38.9 Å². The molecule has 0 aromatic heterocycles. The first kappa shape index (κ1) is 30.8. The van der Waals surface area contributed by atoms with Crippen LogP contribution in [0, 0.1) is 11.2 Å². The van der Waals surface area contributed by atoms with Crippen LogP contribution in [0.4, 0.5) is 15.8 Å².